The van der Waals surface area contributed by atoms with Gasteiger partial charge in [-0.1, -0.05) is 17.7 Å². The van der Waals surface area contributed by atoms with E-state index in [2.05, 4.69) is 4.99 Å². The normalized spacial score (nSPS) is 14.0. The number of allylic oxidation sites excluding steroid dienone is 6. The molecular weight excluding hydrogens is 344 g/mol. The molecule has 0 aliphatic heterocycles. The third kappa shape index (κ3) is 5.09. The standard InChI is InChI=1S/C17H20N2O3S2/c1-12(2)13-5-7-14(8-6-13)18-16-10-9-15(19(3)4)11-17(16)23-24(20,21)22/h5-11H,1-4H3,(H,20,21,22)/p-1. The van der Waals surface area contributed by atoms with Crippen LogP contribution in [0.15, 0.2) is 63.5 Å². The summed E-state index contributed by atoms with van der Waals surface area (Å²) >= 11 is 0. The smallest absolute Gasteiger partial charge is 0.153 e. The van der Waals surface area contributed by atoms with Gasteiger partial charge in [-0.05, 0) is 60.6 Å². The molecule has 128 valence electrons. The molecule has 0 spiro atoms. The molecule has 1 aromatic carbocycles. The van der Waals surface area contributed by atoms with Gasteiger partial charge in [-0.2, -0.15) is 0 Å². The molecule has 0 bridgehead atoms. The minimum atomic E-state index is -4.47. The molecule has 0 saturated carbocycles. The van der Waals surface area contributed by atoms with Crippen molar-refractivity contribution >= 4 is 37.0 Å². The lowest BCUT2D eigenvalue weighted by Crippen LogP contribution is -2.08. The van der Waals surface area contributed by atoms with Crippen molar-refractivity contribution in [3.8, 4) is 0 Å². The van der Waals surface area contributed by atoms with Gasteiger partial charge in [-0.25, -0.2) is 13.4 Å². The van der Waals surface area contributed by atoms with Crippen LogP contribution in [0.4, 0.5) is 11.4 Å². The quantitative estimate of drug-likeness (QED) is 0.600. The second kappa shape index (κ2) is 7.38. The average Bonchev–Trinajstić information content (AvgIpc) is 2.48. The second-order valence-electron chi connectivity index (χ2n) is 5.70. The van der Waals surface area contributed by atoms with E-state index in [4.69, 9.17) is 0 Å². The van der Waals surface area contributed by atoms with Crippen molar-refractivity contribution in [3.63, 3.8) is 0 Å². The largest absolute Gasteiger partial charge is 0.739 e. The van der Waals surface area contributed by atoms with Crippen LogP contribution in [-0.4, -0.2) is 32.8 Å². The number of aliphatic imine (C=N–C) groups is 1. The van der Waals surface area contributed by atoms with Crippen LogP contribution >= 0.6 is 10.8 Å². The van der Waals surface area contributed by atoms with Crippen LogP contribution in [0.5, 0.6) is 0 Å². The van der Waals surface area contributed by atoms with Crippen molar-refractivity contribution in [2.45, 2.75) is 18.7 Å². The molecule has 2 rings (SSSR count). The van der Waals surface area contributed by atoms with E-state index < -0.39 is 9.15 Å². The van der Waals surface area contributed by atoms with Crippen LogP contribution in [-0.2, 0) is 9.15 Å². The molecule has 1 aliphatic carbocycles. The predicted octanol–water partition coefficient (Wildman–Crippen LogP) is 3.84. The van der Waals surface area contributed by atoms with Crippen LogP contribution < -0.4 is 4.90 Å². The van der Waals surface area contributed by atoms with Crippen LogP contribution in [0.25, 0.3) is 0 Å². The molecule has 0 amide bonds. The molecule has 1 aliphatic rings. The lowest BCUT2D eigenvalue weighted by molar-refractivity contribution is 0.482. The summed E-state index contributed by atoms with van der Waals surface area (Å²) in [6.45, 7) is 4.06. The minimum Gasteiger partial charge on any atom is -0.739 e. The van der Waals surface area contributed by atoms with Gasteiger partial charge in [0.05, 0.1) is 11.4 Å². The number of benzene rings is 1. The molecule has 1 aromatic rings. The van der Waals surface area contributed by atoms with Crippen LogP contribution in [0, 0.1) is 0 Å². The highest BCUT2D eigenvalue weighted by Gasteiger charge is 2.10. The Kier molecular flexibility index (Phi) is 5.69. The summed E-state index contributed by atoms with van der Waals surface area (Å²) < 4.78 is 33.5. The third-order valence-electron chi connectivity index (χ3n) is 3.35. The molecule has 0 fully saturated rings. The van der Waals surface area contributed by atoms with Crippen molar-refractivity contribution in [2.24, 2.45) is 4.99 Å². The maximum absolute atomic E-state index is 11.2. The van der Waals surface area contributed by atoms with Crippen molar-refractivity contribution < 1.29 is 13.0 Å². The SMILES string of the molecule is CC(C)=C1C=CC(=Nc2ccc(N(C)C)cc2SS(=O)(=O)[O-])C=C1. The zero-order valence-electron chi connectivity index (χ0n) is 14.0. The Labute approximate surface area is 146 Å². The van der Waals surface area contributed by atoms with Gasteiger partial charge < -0.3 is 9.45 Å². The average molecular weight is 363 g/mol. The first kappa shape index (κ1) is 18.5. The first-order valence-electron chi connectivity index (χ1n) is 7.25. The number of anilines is 1. The Morgan fingerprint density at radius 3 is 2.25 bits per heavy atom. The summed E-state index contributed by atoms with van der Waals surface area (Å²) in [4.78, 5) is 6.63. The number of nitrogens with zero attached hydrogens (tertiary/aromatic N) is 2. The molecule has 0 aromatic heterocycles. The topological polar surface area (TPSA) is 72.8 Å². The predicted molar refractivity (Wildman–Crippen MR) is 100 cm³/mol. The number of hydrogen-bond donors (Lipinski definition) is 0. The molecule has 0 radical (unpaired) electrons. The monoisotopic (exact) mass is 363 g/mol. The molecular formula is C17H19N2O3S2-. The maximum Gasteiger partial charge on any atom is 0.153 e. The van der Waals surface area contributed by atoms with E-state index in [0.717, 1.165) is 11.3 Å². The zero-order valence-corrected chi connectivity index (χ0v) is 15.6. The van der Waals surface area contributed by atoms with Crippen LogP contribution in [0.2, 0.25) is 0 Å². The zero-order chi connectivity index (χ0) is 17.9. The van der Waals surface area contributed by atoms with E-state index >= 15 is 0 Å². The molecule has 0 N–H and O–H groups in total. The lowest BCUT2D eigenvalue weighted by Gasteiger charge is -2.16. The summed E-state index contributed by atoms with van der Waals surface area (Å²) in [7, 11) is -0.505. The van der Waals surface area contributed by atoms with E-state index in [1.54, 1.807) is 12.1 Å². The van der Waals surface area contributed by atoms with Gasteiger partial charge in [0.2, 0.25) is 0 Å². The Morgan fingerprint density at radius 1 is 1.12 bits per heavy atom. The summed E-state index contributed by atoms with van der Waals surface area (Å²) in [5, 5.41) is 0. The van der Waals surface area contributed by atoms with Gasteiger partial charge in [0.25, 0.3) is 0 Å². The van der Waals surface area contributed by atoms with Gasteiger partial charge in [-0.15, -0.1) is 0 Å². The van der Waals surface area contributed by atoms with Crippen molar-refractivity contribution in [2.75, 3.05) is 19.0 Å². The Hall–Kier alpha value is -1.83. The molecule has 5 nitrogen and oxygen atoms in total. The molecule has 0 unspecified atom stereocenters. The minimum absolute atomic E-state index is 0.278. The van der Waals surface area contributed by atoms with Gasteiger partial charge >= 0.3 is 0 Å². The van der Waals surface area contributed by atoms with Gasteiger partial charge in [0, 0.05) is 24.7 Å². The maximum atomic E-state index is 11.2. The van der Waals surface area contributed by atoms with E-state index in [1.165, 1.54) is 5.57 Å². The molecule has 0 heterocycles. The first-order valence-corrected chi connectivity index (χ1v) is 9.99. The first-order chi connectivity index (χ1) is 11.2. The van der Waals surface area contributed by atoms with Crippen LogP contribution in [0.3, 0.4) is 0 Å². The fourth-order valence-corrected chi connectivity index (χ4v) is 3.71. The van der Waals surface area contributed by atoms with Crippen molar-refractivity contribution in [1.29, 1.82) is 0 Å². The van der Waals surface area contributed by atoms with Gasteiger partial charge in [0.1, 0.15) is 0 Å². The Morgan fingerprint density at radius 2 is 1.75 bits per heavy atom. The van der Waals surface area contributed by atoms with E-state index in [1.807, 2.05) is 63.2 Å². The number of hydrogen-bond acceptors (Lipinski definition) is 6. The number of rotatable bonds is 4. The van der Waals surface area contributed by atoms with Crippen molar-refractivity contribution in [1.82, 2.24) is 0 Å². The summed E-state index contributed by atoms with van der Waals surface area (Å²) in [5.74, 6) is 0. The summed E-state index contributed by atoms with van der Waals surface area (Å²) in [6.07, 6.45) is 7.64. The van der Waals surface area contributed by atoms with E-state index in [0.29, 0.717) is 16.3 Å². The highest BCUT2D eigenvalue weighted by Crippen LogP contribution is 2.36. The highest BCUT2D eigenvalue weighted by molar-refractivity contribution is 8.69. The molecule has 24 heavy (non-hydrogen) atoms. The Bertz CT molecular complexity index is 842. The van der Waals surface area contributed by atoms with E-state index in [9.17, 15) is 13.0 Å². The van der Waals surface area contributed by atoms with Crippen LogP contribution in [0.1, 0.15) is 13.8 Å². The highest BCUT2D eigenvalue weighted by atomic mass is 33.1. The fraction of sp³-hybridized carbons (Fsp3) is 0.235. The summed E-state index contributed by atoms with van der Waals surface area (Å²) in [6, 6.07) is 5.20. The van der Waals surface area contributed by atoms with E-state index in [-0.39, 0.29) is 10.8 Å². The van der Waals surface area contributed by atoms with Gasteiger partial charge in [-0.3, -0.25) is 0 Å². The molecule has 0 atom stereocenters. The summed E-state index contributed by atoms with van der Waals surface area (Å²) in [5.41, 5.74) is 4.27. The third-order valence-corrected chi connectivity index (χ3v) is 5.21. The van der Waals surface area contributed by atoms with Crippen molar-refractivity contribution in [3.05, 3.63) is 53.6 Å². The molecule has 0 saturated heterocycles. The second-order valence-corrected chi connectivity index (χ2v) is 8.84. The Balaban J connectivity index is 2.43. The fourth-order valence-electron chi connectivity index (χ4n) is 2.06. The lowest BCUT2D eigenvalue weighted by atomic mass is 10.0. The molecule has 7 heteroatoms. The van der Waals surface area contributed by atoms with Gasteiger partial charge in [0.15, 0.2) is 9.15 Å².